The van der Waals surface area contributed by atoms with Gasteiger partial charge in [0, 0.05) is 0 Å². The molecule has 0 unspecified atom stereocenters. The molecule has 0 aliphatic rings. The maximum absolute atomic E-state index is 4.54. The van der Waals surface area contributed by atoms with Crippen molar-refractivity contribution in [2.24, 2.45) is 0 Å². The summed E-state index contributed by atoms with van der Waals surface area (Å²) in [6, 6.07) is 0. The molecule has 0 rings (SSSR count). The fourth-order valence-electron chi connectivity index (χ4n) is 2.01. The molecule has 0 aliphatic carbocycles. The van der Waals surface area contributed by atoms with Gasteiger partial charge in [0.25, 0.3) is 0 Å². The van der Waals surface area contributed by atoms with Gasteiger partial charge in [-0.15, -0.1) is 22.2 Å². The van der Waals surface area contributed by atoms with Gasteiger partial charge in [-0.1, -0.05) is 83.1 Å². The van der Waals surface area contributed by atoms with Crippen LogP contribution >= 0.6 is 0 Å². The Morgan fingerprint density at radius 2 is 0.474 bits per heavy atom. The standard InChI is InChI=1S/2C8H18N.Ni/c2*1-7(2,3)9-8(4,5)6;/h2*1-6H3;/q2*-1;+2. The Morgan fingerprint density at radius 3 is 0.474 bits per heavy atom. The second-order valence-corrected chi connectivity index (χ2v) is 8.91. The van der Waals surface area contributed by atoms with E-state index in [1.54, 1.807) is 0 Å². The summed E-state index contributed by atoms with van der Waals surface area (Å²) in [6.45, 7) is 25.5. The Balaban J connectivity index is -0.000000256. The molecular formula is C16H36N2Ni. The summed E-state index contributed by atoms with van der Waals surface area (Å²) >= 11 is 0. The van der Waals surface area contributed by atoms with Crippen molar-refractivity contribution >= 4 is 0 Å². The summed E-state index contributed by atoms with van der Waals surface area (Å²) in [4.78, 5) is 0. The van der Waals surface area contributed by atoms with Crippen molar-refractivity contribution in [1.82, 2.24) is 0 Å². The Morgan fingerprint density at radius 1 is 0.368 bits per heavy atom. The third-order valence-corrected chi connectivity index (χ3v) is 1.34. The van der Waals surface area contributed by atoms with E-state index >= 15 is 0 Å². The normalized spacial score (nSPS) is 13.3. The molecule has 120 valence electrons. The minimum atomic E-state index is 0. The zero-order chi connectivity index (χ0) is 15.4. The number of hydrogen-bond acceptors (Lipinski definition) is 0. The summed E-state index contributed by atoms with van der Waals surface area (Å²) in [5.74, 6) is 0. The summed E-state index contributed by atoms with van der Waals surface area (Å²) in [6.07, 6.45) is 0. The van der Waals surface area contributed by atoms with Gasteiger partial charge in [-0.05, 0) is 0 Å². The molecule has 0 saturated heterocycles. The Labute approximate surface area is 132 Å². The third-order valence-electron chi connectivity index (χ3n) is 1.34. The van der Waals surface area contributed by atoms with E-state index in [0.29, 0.717) is 0 Å². The first-order chi connectivity index (χ1) is 7.41. The largest absolute Gasteiger partial charge is 2.00 e. The van der Waals surface area contributed by atoms with E-state index in [2.05, 4.69) is 93.7 Å². The van der Waals surface area contributed by atoms with E-state index in [1.807, 2.05) is 0 Å². The second kappa shape index (κ2) is 8.00. The van der Waals surface area contributed by atoms with Crippen LogP contribution in [-0.4, -0.2) is 22.2 Å². The van der Waals surface area contributed by atoms with Crippen molar-refractivity contribution in [2.75, 3.05) is 0 Å². The molecule has 0 fully saturated rings. The van der Waals surface area contributed by atoms with Crippen LogP contribution in [0.4, 0.5) is 0 Å². The first-order valence-electron chi connectivity index (χ1n) is 6.89. The minimum absolute atomic E-state index is 0. The maximum atomic E-state index is 4.54. The van der Waals surface area contributed by atoms with Crippen molar-refractivity contribution in [1.29, 1.82) is 0 Å². The van der Waals surface area contributed by atoms with Crippen LogP contribution in [0.5, 0.6) is 0 Å². The molecule has 0 amide bonds. The molecule has 0 N–H and O–H groups in total. The van der Waals surface area contributed by atoms with E-state index < -0.39 is 0 Å². The van der Waals surface area contributed by atoms with Crippen LogP contribution in [0, 0.1) is 0 Å². The van der Waals surface area contributed by atoms with Crippen molar-refractivity contribution in [3.8, 4) is 0 Å². The van der Waals surface area contributed by atoms with Gasteiger partial charge in [-0.2, -0.15) is 0 Å². The molecule has 3 heteroatoms. The van der Waals surface area contributed by atoms with Crippen molar-refractivity contribution in [3.05, 3.63) is 10.6 Å². The van der Waals surface area contributed by atoms with Crippen LogP contribution in [0.25, 0.3) is 10.6 Å². The van der Waals surface area contributed by atoms with Gasteiger partial charge in [0.2, 0.25) is 0 Å². The second-order valence-electron chi connectivity index (χ2n) is 8.91. The third kappa shape index (κ3) is 32.2. The molecule has 2 nitrogen and oxygen atoms in total. The van der Waals surface area contributed by atoms with E-state index in [4.69, 9.17) is 0 Å². The average Bonchev–Trinajstić information content (AvgIpc) is 1.64. The predicted molar refractivity (Wildman–Crippen MR) is 85.7 cm³/mol. The summed E-state index contributed by atoms with van der Waals surface area (Å²) < 4.78 is 0. The number of rotatable bonds is 0. The molecule has 0 aromatic carbocycles. The first kappa shape index (κ1) is 24.4. The maximum Gasteiger partial charge on any atom is 2.00 e. The summed E-state index contributed by atoms with van der Waals surface area (Å²) in [5, 5.41) is 9.08. The zero-order valence-electron chi connectivity index (χ0n) is 15.2. The van der Waals surface area contributed by atoms with Gasteiger partial charge in [0.15, 0.2) is 0 Å². The molecule has 0 spiro atoms. The van der Waals surface area contributed by atoms with Gasteiger partial charge in [0.05, 0.1) is 0 Å². The van der Waals surface area contributed by atoms with Crippen molar-refractivity contribution < 1.29 is 16.5 Å². The molecule has 0 heterocycles. The topological polar surface area (TPSA) is 28.2 Å². The zero-order valence-corrected chi connectivity index (χ0v) is 16.2. The van der Waals surface area contributed by atoms with E-state index in [9.17, 15) is 0 Å². The van der Waals surface area contributed by atoms with Crippen LogP contribution in [-0.2, 0) is 16.5 Å². The van der Waals surface area contributed by atoms with Crippen LogP contribution < -0.4 is 0 Å². The molecule has 0 radical (unpaired) electrons. The van der Waals surface area contributed by atoms with Crippen LogP contribution in [0.2, 0.25) is 0 Å². The molecule has 0 aromatic rings. The van der Waals surface area contributed by atoms with Gasteiger partial charge in [-0.25, -0.2) is 0 Å². The van der Waals surface area contributed by atoms with Crippen LogP contribution in [0.1, 0.15) is 83.1 Å². The summed E-state index contributed by atoms with van der Waals surface area (Å²) in [5.41, 5.74) is 0.438. The molecular weight excluding hydrogens is 279 g/mol. The minimum Gasteiger partial charge on any atom is -0.653 e. The molecule has 0 aliphatic heterocycles. The quantitative estimate of drug-likeness (QED) is 0.497. The van der Waals surface area contributed by atoms with Gasteiger partial charge in [0.1, 0.15) is 0 Å². The van der Waals surface area contributed by atoms with E-state index in [1.165, 1.54) is 0 Å². The first-order valence-corrected chi connectivity index (χ1v) is 6.89. The van der Waals surface area contributed by atoms with Gasteiger partial charge in [-0.3, -0.25) is 0 Å². The fourth-order valence-corrected chi connectivity index (χ4v) is 2.01. The van der Waals surface area contributed by atoms with Crippen molar-refractivity contribution in [3.63, 3.8) is 0 Å². The van der Waals surface area contributed by atoms with E-state index in [-0.39, 0.29) is 38.6 Å². The molecule has 0 saturated carbocycles. The van der Waals surface area contributed by atoms with E-state index in [0.717, 1.165) is 0 Å². The van der Waals surface area contributed by atoms with Crippen LogP contribution in [0.3, 0.4) is 0 Å². The number of hydrogen-bond donors (Lipinski definition) is 0. The van der Waals surface area contributed by atoms with Gasteiger partial charge < -0.3 is 10.6 Å². The molecule has 0 bridgehead atoms. The average molecular weight is 315 g/mol. The Bertz CT molecular complexity index is 171. The van der Waals surface area contributed by atoms with Gasteiger partial charge >= 0.3 is 16.5 Å². The smallest absolute Gasteiger partial charge is 0.653 e. The van der Waals surface area contributed by atoms with Crippen molar-refractivity contribution in [2.45, 2.75) is 105 Å². The Hall–Kier alpha value is 0.414. The molecule has 19 heavy (non-hydrogen) atoms. The predicted octanol–water partition coefficient (Wildman–Crippen LogP) is 5.91. The SMILES string of the molecule is CC(C)(C)[N-]C(C)(C)C.CC(C)(C)[N-]C(C)(C)C.[Ni+2]. The molecule has 0 aromatic heterocycles. The Kier molecular flexibility index (Phi) is 10.3. The fraction of sp³-hybridized carbons (Fsp3) is 1.00. The van der Waals surface area contributed by atoms with Crippen LogP contribution in [0.15, 0.2) is 0 Å². The number of nitrogens with zero attached hydrogens (tertiary/aromatic N) is 2. The monoisotopic (exact) mass is 314 g/mol. The molecule has 0 atom stereocenters. The summed E-state index contributed by atoms with van der Waals surface area (Å²) in [7, 11) is 0.